The Balaban J connectivity index is 2.43. The molecule has 0 saturated carbocycles. The first-order valence-electron chi connectivity index (χ1n) is 6.89. The van der Waals surface area contributed by atoms with Gasteiger partial charge in [-0.3, -0.25) is 4.79 Å². The lowest BCUT2D eigenvalue weighted by Gasteiger charge is -2.13. The van der Waals surface area contributed by atoms with Crippen LogP contribution in [0.4, 0.5) is 13.2 Å². The highest BCUT2D eigenvalue weighted by molar-refractivity contribution is 5.93. The van der Waals surface area contributed by atoms with Crippen molar-refractivity contribution in [1.29, 1.82) is 0 Å². The van der Waals surface area contributed by atoms with E-state index in [1.807, 2.05) is 6.92 Å². The minimum atomic E-state index is -4.40. The predicted molar refractivity (Wildman–Crippen MR) is 78.6 cm³/mol. The quantitative estimate of drug-likeness (QED) is 0.913. The molecule has 0 fully saturated rings. The van der Waals surface area contributed by atoms with Gasteiger partial charge in [-0.15, -0.1) is 0 Å². The molecule has 0 aliphatic carbocycles. The average Bonchev–Trinajstić information content (AvgIpc) is 2.46. The van der Waals surface area contributed by atoms with Crippen molar-refractivity contribution in [3.05, 3.63) is 70.3 Å². The summed E-state index contributed by atoms with van der Waals surface area (Å²) >= 11 is 0. The Kier molecular flexibility index (Phi) is 4.54. The minimum absolute atomic E-state index is 0.101. The molecule has 2 aromatic rings. The van der Waals surface area contributed by atoms with Gasteiger partial charge in [0.1, 0.15) is 0 Å². The molecule has 2 nitrogen and oxygen atoms in total. The van der Waals surface area contributed by atoms with Crippen LogP contribution in [0.1, 0.15) is 39.5 Å². The molecule has 5 heteroatoms. The smallest absolute Gasteiger partial charge is 0.366 e. The lowest BCUT2D eigenvalue weighted by molar-refractivity contribution is -0.138. The lowest BCUT2D eigenvalue weighted by atomic mass is 9.96. The molecular weight excluding hydrogens is 291 g/mol. The van der Waals surface area contributed by atoms with E-state index in [1.165, 1.54) is 12.1 Å². The molecule has 0 atom stereocenters. The number of alkyl halides is 3. The Hall–Kier alpha value is -2.30. The van der Waals surface area contributed by atoms with E-state index in [2.05, 4.69) is 0 Å². The molecule has 0 aliphatic rings. The van der Waals surface area contributed by atoms with E-state index >= 15 is 0 Å². The van der Waals surface area contributed by atoms with Crippen LogP contribution in [0.15, 0.2) is 42.5 Å². The molecule has 0 aromatic heterocycles. The van der Waals surface area contributed by atoms with Gasteiger partial charge in [0.05, 0.1) is 5.56 Å². The fourth-order valence-corrected chi connectivity index (χ4v) is 2.38. The zero-order chi connectivity index (χ0) is 16.3. The summed E-state index contributed by atoms with van der Waals surface area (Å²) in [5.74, 6) is -0.583. The van der Waals surface area contributed by atoms with E-state index in [0.29, 0.717) is 17.5 Å². The first-order valence-corrected chi connectivity index (χ1v) is 6.89. The summed E-state index contributed by atoms with van der Waals surface area (Å²) in [5.41, 5.74) is 6.64. The van der Waals surface area contributed by atoms with Crippen LogP contribution in [0.3, 0.4) is 0 Å². The highest BCUT2D eigenvalue weighted by atomic mass is 19.4. The summed E-state index contributed by atoms with van der Waals surface area (Å²) in [6, 6.07) is 10.5. The largest absolute Gasteiger partial charge is 0.416 e. The van der Waals surface area contributed by atoms with Crippen molar-refractivity contribution in [3.8, 4) is 0 Å². The first kappa shape index (κ1) is 16.1. The Morgan fingerprint density at radius 3 is 2.32 bits per heavy atom. The van der Waals surface area contributed by atoms with E-state index in [0.717, 1.165) is 11.6 Å². The van der Waals surface area contributed by atoms with Crippen molar-refractivity contribution < 1.29 is 18.0 Å². The molecule has 0 bridgehead atoms. The number of amides is 1. The van der Waals surface area contributed by atoms with Gasteiger partial charge in [-0.25, -0.2) is 0 Å². The molecule has 0 unspecified atom stereocenters. The fraction of sp³-hybridized carbons (Fsp3) is 0.235. The standard InChI is InChI=1S/C17H16F3NO/c1-2-11-7-12(10-14(8-11)16(21)22)9-13-5-3-4-6-15(13)17(18,19)20/h3-8,10H,2,9H2,1H3,(H2,21,22). The van der Waals surface area contributed by atoms with E-state index in [-0.39, 0.29) is 12.0 Å². The van der Waals surface area contributed by atoms with E-state index in [4.69, 9.17) is 5.73 Å². The van der Waals surface area contributed by atoms with Crippen molar-refractivity contribution in [2.75, 3.05) is 0 Å². The maximum Gasteiger partial charge on any atom is 0.416 e. The predicted octanol–water partition coefficient (Wildman–Crippen LogP) is 3.96. The SMILES string of the molecule is CCc1cc(Cc2ccccc2C(F)(F)F)cc(C(N)=O)c1. The van der Waals surface area contributed by atoms with Crippen LogP contribution in [0.25, 0.3) is 0 Å². The molecule has 0 spiro atoms. The number of hydrogen-bond donors (Lipinski definition) is 1. The Morgan fingerprint density at radius 2 is 1.73 bits per heavy atom. The Labute approximate surface area is 126 Å². The molecular formula is C17H16F3NO. The van der Waals surface area contributed by atoms with Crippen LogP contribution < -0.4 is 5.73 Å². The molecule has 22 heavy (non-hydrogen) atoms. The second-order valence-electron chi connectivity index (χ2n) is 5.09. The number of aryl methyl sites for hydroxylation is 1. The van der Waals surface area contributed by atoms with Crippen LogP contribution in [-0.2, 0) is 19.0 Å². The zero-order valence-electron chi connectivity index (χ0n) is 12.1. The van der Waals surface area contributed by atoms with Crippen LogP contribution in [-0.4, -0.2) is 5.91 Å². The van der Waals surface area contributed by atoms with Crippen molar-refractivity contribution in [3.63, 3.8) is 0 Å². The number of halogens is 3. The fourth-order valence-electron chi connectivity index (χ4n) is 2.38. The average molecular weight is 307 g/mol. The van der Waals surface area contributed by atoms with Crippen molar-refractivity contribution in [2.24, 2.45) is 5.73 Å². The number of carbonyl (C=O) groups is 1. The third-order valence-corrected chi connectivity index (χ3v) is 3.46. The highest BCUT2D eigenvalue weighted by Crippen LogP contribution is 2.33. The molecule has 116 valence electrons. The molecule has 0 saturated heterocycles. The van der Waals surface area contributed by atoms with Gasteiger partial charge in [-0.2, -0.15) is 13.2 Å². The molecule has 2 aromatic carbocycles. The van der Waals surface area contributed by atoms with Crippen LogP contribution >= 0.6 is 0 Å². The van der Waals surface area contributed by atoms with Crippen LogP contribution in [0.5, 0.6) is 0 Å². The third-order valence-electron chi connectivity index (χ3n) is 3.46. The summed E-state index contributed by atoms with van der Waals surface area (Å²) in [7, 11) is 0. The van der Waals surface area contributed by atoms with Gasteiger partial charge in [-0.1, -0.05) is 31.2 Å². The molecule has 2 N–H and O–H groups in total. The maximum absolute atomic E-state index is 13.0. The monoisotopic (exact) mass is 307 g/mol. The number of benzene rings is 2. The third kappa shape index (κ3) is 3.67. The summed E-state index contributed by atoms with van der Waals surface area (Å²) < 4.78 is 39.1. The van der Waals surface area contributed by atoms with Crippen LogP contribution in [0, 0.1) is 0 Å². The zero-order valence-corrected chi connectivity index (χ0v) is 12.1. The molecule has 1 amide bonds. The molecule has 0 radical (unpaired) electrons. The number of carbonyl (C=O) groups excluding carboxylic acids is 1. The van der Waals surface area contributed by atoms with Gasteiger partial charge in [0, 0.05) is 5.56 Å². The van der Waals surface area contributed by atoms with E-state index in [1.54, 1.807) is 24.3 Å². The van der Waals surface area contributed by atoms with Crippen molar-refractivity contribution >= 4 is 5.91 Å². The van der Waals surface area contributed by atoms with Crippen molar-refractivity contribution in [1.82, 2.24) is 0 Å². The number of rotatable bonds is 4. The van der Waals surface area contributed by atoms with Gasteiger partial charge in [0.2, 0.25) is 5.91 Å². The normalized spacial score (nSPS) is 11.5. The van der Waals surface area contributed by atoms with Crippen molar-refractivity contribution in [2.45, 2.75) is 25.9 Å². The number of primary amides is 1. The van der Waals surface area contributed by atoms with Gasteiger partial charge < -0.3 is 5.73 Å². The topological polar surface area (TPSA) is 43.1 Å². The molecule has 2 rings (SSSR count). The minimum Gasteiger partial charge on any atom is -0.366 e. The van der Waals surface area contributed by atoms with Gasteiger partial charge in [0.25, 0.3) is 0 Å². The lowest BCUT2D eigenvalue weighted by Crippen LogP contribution is -2.13. The molecule has 0 heterocycles. The second kappa shape index (κ2) is 6.22. The summed E-state index contributed by atoms with van der Waals surface area (Å²) in [6.07, 6.45) is -3.62. The highest BCUT2D eigenvalue weighted by Gasteiger charge is 2.32. The van der Waals surface area contributed by atoms with Crippen LogP contribution in [0.2, 0.25) is 0 Å². The van der Waals surface area contributed by atoms with E-state index < -0.39 is 17.6 Å². The summed E-state index contributed by atoms with van der Waals surface area (Å²) in [4.78, 5) is 11.3. The number of nitrogens with two attached hydrogens (primary N) is 1. The summed E-state index contributed by atoms with van der Waals surface area (Å²) in [5, 5.41) is 0. The van der Waals surface area contributed by atoms with Gasteiger partial charge >= 0.3 is 6.18 Å². The first-order chi connectivity index (χ1) is 10.3. The second-order valence-corrected chi connectivity index (χ2v) is 5.09. The van der Waals surface area contributed by atoms with Gasteiger partial charge in [0.15, 0.2) is 0 Å². The molecule has 0 aliphatic heterocycles. The van der Waals surface area contributed by atoms with E-state index in [9.17, 15) is 18.0 Å². The summed E-state index contributed by atoms with van der Waals surface area (Å²) in [6.45, 7) is 1.91. The van der Waals surface area contributed by atoms with Gasteiger partial charge in [-0.05, 0) is 47.7 Å². The maximum atomic E-state index is 13.0. The Morgan fingerprint density at radius 1 is 1.09 bits per heavy atom. The Bertz CT molecular complexity index is 693. The number of hydrogen-bond acceptors (Lipinski definition) is 1.